The highest BCUT2D eigenvalue weighted by atomic mass is 35.5. The number of carbonyl (C=O) groups is 1. The Morgan fingerprint density at radius 2 is 2.14 bits per heavy atom. The van der Waals surface area contributed by atoms with Gasteiger partial charge in [0.25, 0.3) is 0 Å². The molecule has 1 saturated heterocycles. The minimum Gasteiger partial charge on any atom is -0.480 e. The molecule has 1 aliphatic rings. The Hall–Kier alpha value is -1.66. The number of nitriles is 1. The highest BCUT2D eigenvalue weighted by Crippen LogP contribution is 2.29. The van der Waals surface area contributed by atoms with Crippen LogP contribution >= 0.6 is 11.6 Å². The summed E-state index contributed by atoms with van der Waals surface area (Å²) in [5.74, 6) is -1.35. The standard InChI is InChI=1S/C12H11ClN2O5S/c13-8-2-1-7(5-14)11(3-8)21(19,20)15-6-9(16)4-10(15)12(17)18/h1-3,9-10,16H,4,6H2,(H,17,18)/t9-,10-/m0/s1. The van der Waals surface area contributed by atoms with Crippen molar-refractivity contribution in [2.75, 3.05) is 6.54 Å². The van der Waals surface area contributed by atoms with Crippen LogP contribution in [-0.4, -0.2) is 47.6 Å². The van der Waals surface area contributed by atoms with E-state index in [0.717, 1.165) is 6.07 Å². The highest BCUT2D eigenvalue weighted by Gasteiger charge is 2.44. The topological polar surface area (TPSA) is 119 Å². The summed E-state index contributed by atoms with van der Waals surface area (Å²) < 4.78 is 25.8. The molecule has 1 heterocycles. The normalized spacial score (nSPS) is 22.9. The minimum atomic E-state index is -4.25. The van der Waals surface area contributed by atoms with Gasteiger partial charge in [-0.2, -0.15) is 9.57 Å². The van der Waals surface area contributed by atoms with Crippen LogP contribution in [0.5, 0.6) is 0 Å². The van der Waals surface area contributed by atoms with Crippen molar-refractivity contribution in [3.63, 3.8) is 0 Å². The van der Waals surface area contributed by atoms with Gasteiger partial charge in [-0.25, -0.2) is 8.42 Å². The second kappa shape index (κ2) is 5.61. The van der Waals surface area contributed by atoms with Crippen molar-refractivity contribution < 1.29 is 23.4 Å². The predicted molar refractivity (Wildman–Crippen MR) is 72.1 cm³/mol. The van der Waals surface area contributed by atoms with Crippen molar-refractivity contribution in [3.8, 4) is 6.07 Å². The maximum Gasteiger partial charge on any atom is 0.322 e. The maximum absolute atomic E-state index is 12.6. The number of sulfonamides is 1. The number of benzene rings is 1. The molecule has 1 aromatic rings. The van der Waals surface area contributed by atoms with Crippen LogP contribution in [-0.2, 0) is 14.8 Å². The van der Waals surface area contributed by atoms with Crippen molar-refractivity contribution in [2.24, 2.45) is 0 Å². The molecule has 0 aromatic heterocycles. The number of aliphatic hydroxyl groups is 1. The van der Waals surface area contributed by atoms with Crippen LogP contribution in [0.1, 0.15) is 12.0 Å². The van der Waals surface area contributed by atoms with E-state index in [1.807, 2.05) is 0 Å². The molecule has 2 N–H and O–H groups in total. The van der Waals surface area contributed by atoms with Gasteiger partial charge in [-0.05, 0) is 18.2 Å². The van der Waals surface area contributed by atoms with Gasteiger partial charge in [0.15, 0.2) is 0 Å². The van der Waals surface area contributed by atoms with Gasteiger partial charge in [0, 0.05) is 18.0 Å². The van der Waals surface area contributed by atoms with E-state index in [0.29, 0.717) is 4.31 Å². The van der Waals surface area contributed by atoms with Gasteiger partial charge in [0.1, 0.15) is 17.0 Å². The summed E-state index contributed by atoms with van der Waals surface area (Å²) in [5, 5.41) is 27.7. The fourth-order valence-electron chi connectivity index (χ4n) is 2.20. The molecule has 1 aliphatic heterocycles. The molecule has 0 radical (unpaired) electrons. The smallest absolute Gasteiger partial charge is 0.322 e. The SMILES string of the molecule is N#Cc1ccc(Cl)cc1S(=O)(=O)N1C[C@@H](O)C[C@H]1C(=O)O. The molecule has 0 saturated carbocycles. The molecule has 2 atom stereocenters. The monoisotopic (exact) mass is 330 g/mol. The van der Waals surface area contributed by atoms with E-state index in [2.05, 4.69) is 0 Å². The highest BCUT2D eigenvalue weighted by molar-refractivity contribution is 7.89. The second-order valence-corrected chi connectivity index (χ2v) is 6.87. The van der Waals surface area contributed by atoms with Gasteiger partial charge >= 0.3 is 5.97 Å². The van der Waals surface area contributed by atoms with Crippen LogP contribution in [0.25, 0.3) is 0 Å². The average molecular weight is 331 g/mol. The third-order valence-electron chi connectivity index (χ3n) is 3.17. The zero-order chi connectivity index (χ0) is 15.8. The van der Waals surface area contributed by atoms with Crippen molar-refractivity contribution in [3.05, 3.63) is 28.8 Å². The van der Waals surface area contributed by atoms with E-state index < -0.39 is 28.1 Å². The summed E-state index contributed by atoms with van der Waals surface area (Å²) in [6, 6.07) is 4.08. The molecule has 0 amide bonds. The molecule has 0 bridgehead atoms. The number of halogens is 1. The van der Waals surface area contributed by atoms with Crippen LogP contribution in [0.3, 0.4) is 0 Å². The van der Waals surface area contributed by atoms with Gasteiger partial charge in [0.2, 0.25) is 10.0 Å². The van der Waals surface area contributed by atoms with E-state index >= 15 is 0 Å². The summed E-state index contributed by atoms with van der Waals surface area (Å²) in [7, 11) is -4.25. The van der Waals surface area contributed by atoms with Gasteiger partial charge in [-0.3, -0.25) is 4.79 Å². The maximum atomic E-state index is 12.6. The molecule has 7 nitrogen and oxygen atoms in total. The summed E-state index contributed by atoms with van der Waals surface area (Å²) in [6.07, 6.45) is -1.26. The number of hydrogen-bond acceptors (Lipinski definition) is 5. The number of nitrogens with zero attached hydrogens (tertiary/aromatic N) is 2. The Morgan fingerprint density at radius 3 is 2.71 bits per heavy atom. The lowest BCUT2D eigenvalue weighted by atomic mass is 10.2. The zero-order valence-electron chi connectivity index (χ0n) is 10.6. The second-order valence-electron chi connectivity index (χ2n) is 4.57. The number of aliphatic hydroxyl groups excluding tert-OH is 1. The number of hydrogen-bond donors (Lipinski definition) is 2. The lowest BCUT2D eigenvalue weighted by Gasteiger charge is -2.21. The van der Waals surface area contributed by atoms with Crippen LogP contribution in [0.2, 0.25) is 5.02 Å². The average Bonchev–Trinajstić information content (AvgIpc) is 2.82. The zero-order valence-corrected chi connectivity index (χ0v) is 12.2. The fourth-order valence-corrected chi connectivity index (χ4v) is 4.24. The van der Waals surface area contributed by atoms with E-state index in [9.17, 15) is 18.3 Å². The van der Waals surface area contributed by atoms with Gasteiger partial charge in [-0.1, -0.05) is 11.6 Å². The quantitative estimate of drug-likeness (QED) is 0.829. The largest absolute Gasteiger partial charge is 0.480 e. The molecule has 21 heavy (non-hydrogen) atoms. The molecule has 0 aliphatic carbocycles. The van der Waals surface area contributed by atoms with Crippen LogP contribution in [0, 0.1) is 11.3 Å². The van der Waals surface area contributed by atoms with E-state index in [1.165, 1.54) is 12.1 Å². The Kier molecular flexibility index (Phi) is 4.20. The molecule has 112 valence electrons. The Balaban J connectivity index is 2.55. The first-order valence-electron chi connectivity index (χ1n) is 5.89. The lowest BCUT2D eigenvalue weighted by Crippen LogP contribution is -2.40. The lowest BCUT2D eigenvalue weighted by molar-refractivity contribution is -0.140. The number of rotatable bonds is 3. The fraction of sp³-hybridized carbons (Fsp3) is 0.333. The van der Waals surface area contributed by atoms with E-state index in [1.54, 1.807) is 6.07 Å². The summed E-state index contributed by atoms with van der Waals surface area (Å²) in [4.78, 5) is 10.8. The van der Waals surface area contributed by atoms with Crippen molar-refractivity contribution in [2.45, 2.75) is 23.5 Å². The summed E-state index contributed by atoms with van der Waals surface area (Å²) in [5.41, 5.74) is -0.134. The van der Waals surface area contributed by atoms with Gasteiger partial charge < -0.3 is 10.2 Å². The molecule has 2 rings (SSSR count). The molecular weight excluding hydrogens is 320 g/mol. The molecule has 1 fully saturated rings. The molecule has 0 unspecified atom stereocenters. The van der Waals surface area contributed by atoms with Crippen molar-refractivity contribution in [1.29, 1.82) is 5.26 Å². The van der Waals surface area contributed by atoms with E-state index in [4.69, 9.17) is 22.0 Å². The first-order valence-corrected chi connectivity index (χ1v) is 7.71. The third-order valence-corrected chi connectivity index (χ3v) is 5.32. The van der Waals surface area contributed by atoms with Crippen molar-refractivity contribution >= 4 is 27.6 Å². The number of carboxylic acids is 1. The first kappa shape index (κ1) is 15.7. The minimum absolute atomic E-state index is 0.110. The number of aliphatic carboxylic acids is 1. The molecule has 0 spiro atoms. The Labute approximate surface area is 126 Å². The summed E-state index contributed by atoms with van der Waals surface area (Å²) in [6.45, 7) is -0.337. The summed E-state index contributed by atoms with van der Waals surface area (Å²) >= 11 is 5.76. The molecular formula is C12H11ClN2O5S. The number of carboxylic acid groups (broad SMARTS) is 1. The Morgan fingerprint density at radius 1 is 1.48 bits per heavy atom. The molecule has 1 aromatic carbocycles. The Bertz CT molecular complexity index is 728. The van der Waals surface area contributed by atoms with Gasteiger partial charge in [-0.15, -0.1) is 0 Å². The van der Waals surface area contributed by atoms with Crippen LogP contribution < -0.4 is 0 Å². The third kappa shape index (κ3) is 2.87. The van der Waals surface area contributed by atoms with Crippen LogP contribution in [0.4, 0.5) is 0 Å². The molecule has 9 heteroatoms. The van der Waals surface area contributed by atoms with Gasteiger partial charge in [0.05, 0.1) is 11.7 Å². The first-order chi connectivity index (χ1) is 9.77. The van der Waals surface area contributed by atoms with Crippen LogP contribution in [0.15, 0.2) is 23.1 Å². The van der Waals surface area contributed by atoms with E-state index in [-0.39, 0.29) is 28.4 Å². The number of β-amino-alcohol motifs (C(OH)–C–C–N with tert-alkyl or cyclic N) is 1. The van der Waals surface area contributed by atoms with Crippen molar-refractivity contribution in [1.82, 2.24) is 4.31 Å². The predicted octanol–water partition coefficient (Wildman–Crippen LogP) is 0.420.